The van der Waals surface area contributed by atoms with Crippen molar-refractivity contribution in [2.45, 2.75) is 60.2 Å². The Hall–Kier alpha value is -0.800. The summed E-state index contributed by atoms with van der Waals surface area (Å²) in [6.45, 7) is 17.5. The van der Waals surface area contributed by atoms with E-state index in [0.29, 0.717) is 0 Å². The molecule has 0 radical (unpaired) electrons. The Morgan fingerprint density at radius 3 is 2.40 bits per heavy atom. The van der Waals surface area contributed by atoms with Gasteiger partial charge in [-0.2, -0.15) is 0 Å². The predicted octanol–water partition coefficient (Wildman–Crippen LogP) is 3.56. The van der Waals surface area contributed by atoms with Crippen LogP contribution in [-0.4, -0.2) is 23.5 Å². The first-order valence-electron chi connectivity index (χ1n) is 7.80. The van der Waals surface area contributed by atoms with Crippen LogP contribution < -0.4 is 5.32 Å². The molecule has 0 amide bonds. The summed E-state index contributed by atoms with van der Waals surface area (Å²) < 4.78 is 6.04. The van der Waals surface area contributed by atoms with Gasteiger partial charge in [-0.25, -0.2) is 0 Å². The summed E-state index contributed by atoms with van der Waals surface area (Å²) >= 11 is 0. The number of furan rings is 1. The second-order valence-corrected chi connectivity index (χ2v) is 7.57. The van der Waals surface area contributed by atoms with Crippen LogP contribution in [0.1, 0.15) is 51.7 Å². The third-order valence-corrected chi connectivity index (χ3v) is 4.29. The van der Waals surface area contributed by atoms with Crippen molar-refractivity contribution in [1.29, 1.82) is 0 Å². The van der Waals surface area contributed by atoms with Crippen LogP contribution in [0, 0.1) is 18.8 Å². The van der Waals surface area contributed by atoms with E-state index in [1.54, 1.807) is 0 Å². The van der Waals surface area contributed by atoms with E-state index < -0.39 is 0 Å². The van der Waals surface area contributed by atoms with Crippen molar-refractivity contribution in [3.8, 4) is 0 Å². The molecule has 3 nitrogen and oxygen atoms in total. The van der Waals surface area contributed by atoms with Crippen molar-refractivity contribution in [3.63, 3.8) is 0 Å². The Morgan fingerprint density at radius 2 is 1.85 bits per heavy atom. The minimum Gasteiger partial charge on any atom is -0.463 e. The van der Waals surface area contributed by atoms with Gasteiger partial charge >= 0.3 is 0 Å². The number of likely N-dealkylation sites (tertiary alicyclic amines) is 1. The average Bonchev–Trinajstić information content (AvgIpc) is 2.80. The molecule has 0 aromatic carbocycles. The minimum atomic E-state index is 0.124. The molecule has 1 saturated heterocycles. The molecule has 1 aliphatic rings. The maximum atomic E-state index is 6.04. The Bertz CT molecular complexity index is 434. The Balaban J connectivity index is 1.94. The quantitative estimate of drug-likeness (QED) is 0.913. The number of rotatable bonds is 4. The molecular formula is C17H30N2O. The van der Waals surface area contributed by atoms with Gasteiger partial charge in [-0.1, -0.05) is 13.8 Å². The molecule has 1 N–H and O–H groups in total. The molecule has 2 atom stereocenters. The van der Waals surface area contributed by atoms with E-state index in [0.717, 1.165) is 36.4 Å². The summed E-state index contributed by atoms with van der Waals surface area (Å²) in [6, 6.07) is 2.20. The number of nitrogens with zero attached hydrogens (tertiary/aromatic N) is 1. The fourth-order valence-corrected chi connectivity index (χ4v) is 2.79. The minimum absolute atomic E-state index is 0.124. The maximum Gasteiger partial charge on any atom is 0.120 e. The van der Waals surface area contributed by atoms with Gasteiger partial charge in [0.25, 0.3) is 0 Å². The lowest BCUT2D eigenvalue weighted by atomic mass is 10.0. The molecule has 1 aromatic rings. The van der Waals surface area contributed by atoms with Crippen LogP contribution in [-0.2, 0) is 13.1 Å². The lowest BCUT2D eigenvalue weighted by molar-refractivity contribution is 0.278. The molecule has 3 heteroatoms. The summed E-state index contributed by atoms with van der Waals surface area (Å²) in [5, 5.41) is 3.49. The van der Waals surface area contributed by atoms with Crippen LogP contribution in [0.25, 0.3) is 0 Å². The van der Waals surface area contributed by atoms with Crippen molar-refractivity contribution in [2.24, 2.45) is 11.8 Å². The van der Waals surface area contributed by atoms with Gasteiger partial charge in [0.1, 0.15) is 11.5 Å². The Morgan fingerprint density at radius 1 is 1.25 bits per heavy atom. The smallest absolute Gasteiger partial charge is 0.120 e. The highest BCUT2D eigenvalue weighted by Crippen LogP contribution is 2.25. The SMILES string of the molecule is Cc1cc(CN2CC(C)C(C)C2)oc1CNC(C)(C)C. The third-order valence-electron chi connectivity index (χ3n) is 4.29. The van der Waals surface area contributed by atoms with E-state index in [4.69, 9.17) is 4.42 Å². The molecule has 2 rings (SSSR count). The van der Waals surface area contributed by atoms with Crippen molar-refractivity contribution in [1.82, 2.24) is 10.2 Å². The molecular weight excluding hydrogens is 248 g/mol. The van der Waals surface area contributed by atoms with Crippen LogP contribution >= 0.6 is 0 Å². The predicted molar refractivity (Wildman–Crippen MR) is 83.6 cm³/mol. The molecule has 1 aliphatic heterocycles. The molecule has 0 saturated carbocycles. The van der Waals surface area contributed by atoms with E-state index in [1.165, 1.54) is 18.7 Å². The summed E-state index contributed by atoms with van der Waals surface area (Å²) in [5.41, 5.74) is 1.39. The highest BCUT2D eigenvalue weighted by atomic mass is 16.3. The maximum absolute atomic E-state index is 6.04. The fraction of sp³-hybridized carbons (Fsp3) is 0.765. The number of hydrogen-bond donors (Lipinski definition) is 1. The molecule has 0 aliphatic carbocycles. The van der Waals surface area contributed by atoms with Gasteiger partial charge in [0.2, 0.25) is 0 Å². The topological polar surface area (TPSA) is 28.4 Å². The number of aryl methyl sites for hydroxylation is 1. The molecule has 114 valence electrons. The molecule has 0 spiro atoms. The Labute approximate surface area is 123 Å². The van der Waals surface area contributed by atoms with Crippen LogP contribution in [0.2, 0.25) is 0 Å². The molecule has 2 unspecified atom stereocenters. The van der Waals surface area contributed by atoms with Crippen LogP contribution in [0.15, 0.2) is 10.5 Å². The standard InChI is InChI=1S/C17H30N2O/c1-12-7-15(11-19-9-13(2)14(3)10-19)20-16(12)8-18-17(4,5)6/h7,13-14,18H,8-11H2,1-6H3. The molecule has 0 bridgehead atoms. The molecule has 1 aromatic heterocycles. The van der Waals surface area contributed by atoms with E-state index in [2.05, 4.69) is 57.8 Å². The van der Waals surface area contributed by atoms with Crippen molar-refractivity contribution in [2.75, 3.05) is 13.1 Å². The monoisotopic (exact) mass is 278 g/mol. The van der Waals surface area contributed by atoms with Gasteiger partial charge < -0.3 is 9.73 Å². The molecule has 1 fully saturated rings. The van der Waals surface area contributed by atoms with Gasteiger partial charge in [-0.05, 0) is 51.2 Å². The first kappa shape index (κ1) is 15.6. The second-order valence-electron chi connectivity index (χ2n) is 7.57. The van der Waals surface area contributed by atoms with E-state index in [9.17, 15) is 0 Å². The summed E-state index contributed by atoms with van der Waals surface area (Å²) in [5.74, 6) is 3.78. The molecule has 2 heterocycles. The largest absolute Gasteiger partial charge is 0.463 e. The summed E-state index contributed by atoms with van der Waals surface area (Å²) in [6.07, 6.45) is 0. The summed E-state index contributed by atoms with van der Waals surface area (Å²) in [4.78, 5) is 2.51. The van der Waals surface area contributed by atoms with E-state index in [1.807, 2.05) is 0 Å². The zero-order valence-electron chi connectivity index (χ0n) is 13.9. The highest BCUT2D eigenvalue weighted by Gasteiger charge is 2.26. The van der Waals surface area contributed by atoms with Crippen LogP contribution in [0.4, 0.5) is 0 Å². The van der Waals surface area contributed by atoms with Gasteiger partial charge in [0.15, 0.2) is 0 Å². The van der Waals surface area contributed by atoms with E-state index in [-0.39, 0.29) is 5.54 Å². The first-order valence-corrected chi connectivity index (χ1v) is 7.80. The lowest BCUT2D eigenvalue weighted by Gasteiger charge is -2.19. The van der Waals surface area contributed by atoms with E-state index >= 15 is 0 Å². The normalized spacial score (nSPS) is 24.5. The van der Waals surface area contributed by atoms with Crippen LogP contribution in [0.3, 0.4) is 0 Å². The van der Waals surface area contributed by atoms with Crippen molar-refractivity contribution < 1.29 is 4.42 Å². The van der Waals surface area contributed by atoms with Crippen LogP contribution in [0.5, 0.6) is 0 Å². The fourth-order valence-electron chi connectivity index (χ4n) is 2.79. The third kappa shape index (κ3) is 4.10. The Kier molecular flexibility index (Phi) is 4.60. The van der Waals surface area contributed by atoms with Crippen molar-refractivity contribution in [3.05, 3.63) is 23.2 Å². The highest BCUT2D eigenvalue weighted by molar-refractivity contribution is 5.20. The van der Waals surface area contributed by atoms with Gasteiger partial charge in [-0.15, -0.1) is 0 Å². The number of nitrogens with one attached hydrogen (secondary N) is 1. The average molecular weight is 278 g/mol. The molecule has 20 heavy (non-hydrogen) atoms. The number of hydrogen-bond acceptors (Lipinski definition) is 3. The van der Waals surface area contributed by atoms with Gasteiger partial charge in [-0.3, -0.25) is 4.90 Å². The second kappa shape index (κ2) is 5.90. The first-order chi connectivity index (χ1) is 9.24. The van der Waals surface area contributed by atoms with Gasteiger partial charge in [0, 0.05) is 18.6 Å². The lowest BCUT2D eigenvalue weighted by Crippen LogP contribution is -2.35. The van der Waals surface area contributed by atoms with Gasteiger partial charge in [0.05, 0.1) is 13.1 Å². The summed E-state index contributed by atoms with van der Waals surface area (Å²) in [7, 11) is 0. The zero-order valence-corrected chi connectivity index (χ0v) is 13.9. The zero-order chi connectivity index (χ0) is 14.9. The van der Waals surface area contributed by atoms with Crippen molar-refractivity contribution >= 4 is 0 Å².